The lowest BCUT2D eigenvalue weighted by Gasteiger charge is -2.08. The zero-order valence-corrected chi connectivity index (χ0v) is 13.9. The molecule has 1 unspecified atom stereocenters. The van der Waals surface area contributed by atoms with E-state index in [1.54, 1.807) is 25.1 Å². The Kier molecular flexibility index (Phi) is 3.83. The molecule has 22 heavy (non-hydrogen) atoms. The molecule has 0 saturated carbocycles. The summed E-state index contributed by atoms with van der Waals surface area (Å²) >= 11 is 7.59. The predicted molar refractivity (Wildman–Crippen MR) is 89.5 cm³/mol. The van der Waals surface area contributed by atoms with Crippen molar-refractivity contribution in [1.29, 1.82) is 0 Å². The van der Waals surface area contributed by atoms with Crippen molar-refractivity contribution in [1.82, 2.24) is 0 Å². The molecular formula is C17H14ClFO2S. The van der Waals surface area contributed by atoms with Gasteiger partial charge >= 0.3 is 0 Å². The minimum atomic E-state index is -0.416. The van der Waals surface area contributed by atoms with Gasteiger partial charge < -0.3 is 4.42 Å². The molecule has 0 aliphatic heterocycles. The fraction of sp³-hybridized carbons (Fsp3) is 0.235. The largest absolute Gasteiger partial charge is 0.454 e. The van der Waals surface area contributed by atoms with Crippen LogP contribution in [0.2, 0.25) is 0 Å². The molecule has 0 aliphatic rings. The third kappa shape index (κ3) is 2.27. The van der Waals surface area contributed by atoms with E-state index < -0.39 is 5.82 Å². The number of alkyl halides is 1. The highest BCUT2D eigenvalue weighted by atomic mass is 35.5. The monoisotopic (exact) mass is 336 g/mol. The van der Waals surface area contributed by atoms with Crippen LogP contribution in [-0.2, 0) is 0 Å². The van der Waals surface area contributed by atoms with Crippen molar-refractivity contribution in [2.75, 3.05) is 0 Å². The topological polar surface area (TPSA) is 30.2 Å². The van der Waals surface area contributed by atoms with Crippen molar-refractivity contribution in [3.8, 4) is 11.3 Å². The predicted octanol–water partition coefficient (Wildman–Crippen LogP) is 5.58. The van der Waals surface area contributed by atoms with E-state index in [2.05, 4.69) is 0 Å². The molecule has 1 aromatic carbocycles. The first kappa shape index (κ1) is 15.3. The second-order valence-corrected chi connectivity index (χ2v) is 7.09. The Morgan fingerprint density at radius 1 is 1.27 bits per heavy atom. The van der Waals surface area contributed by atoms with Crippen LogP contribution in [-0.4, -0.2) is 0 Å². The summed E-state index contributed by atoms with van der Waals surface area (Å²) in [6.45, 7) is 5.40. The van der Waals surface area contributed by atoms with Crippen molar-refractivity contribution in [2.24, 2.45) is 0 Å². The Hall–Kier alpha value is -1.65. The molecule has 0 bridgehead atoms. The normalized spacial score (nSPS) is 12.8. The smallest absolute Gasteiger partial charge is 0.206 e. The van der Waals surface area contributed by atoms with Crippen molar-refractivity contribution in [3.05, 3.63) is 56.3 Å². The third-order valence-electron chi connectivity index (χ3n) is 3.69. The summed E-state index contributed by atoms with van der Waals surface area (Å²) in [6.07, 6.45) is 0. The summed E-state index contributed by atoms with van der Waals surface area (Å²) in [5.74, 6) is -0.146. The Morgan fingerprint density at radius 3 is 2.59 bits per heavy atom. The van der Waals surface area contributed by atoms with E-state index in [-0.39, 0.29) is 22.1 Å². The maximum Gasteiger partial charge on any atom is 0.206 e. The van der Waals surface area contributed by atoms with Gasteiger partial charge in [0.25, 0.3) is 0 Å². The second kappa shape index (κ2) is 5.52. The maximum absolute atomic E-state index is 14.1. The lowest BCUT2D eigenvalue weighted by atomic mass is 10.1. The highest BCUT2D eigenvalue weighted by Gasteiger charge is 2.22. The van der Waals surface area contributed by atoms with Gasteiger partial charge in [0.2, 0.25) is 5.43 Å². The molecule has 5 heteroatoms. The maximum atomic E-state index is 14.1. The first-order valence-electron chi connectivity index (χ1n) is 6.87. The Labute approximate surface area is 136 Å². The van der Waals surface area contributed by atoms with Gasteiger partial charge in [-0.1, -0.05) is 12.1 Å². The molecule has 3 rings (SSSR count). The molecule has 3 aromatic rings. The van der Waals surface area contributed by atoms with E-state index in [1.165, 1.54) is 17.4 Å². The van der Waals surface area contributed by atoms with Crippen molar-refractivity contribution in [3.63, 3.8) is 0 Å². The van der Waals surface area contributed by atoms with Crippen LogP contribution >= 0.6 is 22.9 Å². The molecule has 0 saturated heterocycles. The molecule has 0 fully saturated rings. The molecule has 0 spiro atoms. The van der Waals surface area contributed by atoms with Gasteiger partial charge in [-0.3, -0.25) is 4.79 Å². The van der Waals surface area contributed by atoms with Gasteiger partial charge in [-0.05, 0) is 32.9 Å². The van der Waals surface area contributed by atoms with Crippen LogP contribution < -0.4 is 5.43 Å². The van der Waals surface area contributed by atoms with Gasteiger partial charge in [-0.2, -0.15) is 0 Å². The number of hydrogen-bond acceptors (Lipinski definition) is 3. The summed E-state index contributed by atoms with van der Waals surface area (Å²) in [4.78, 5) is 13.6. The minimum Gasteiger partial charge on any atom is -0.454 e. The molecular weight excluding hydrogens is 323 g/mol. The average molecular weight is 337 g/mol. The average Bonchev–Trinajstić information content (AvgIpc) is 2.80. The SMILES string of the molecule is Cc1sc2c(=O)c(C)c(-c3ccccc3F)oc2c1C(C)Cl. The minimum absolute atomic E-state index is 0.129. The number of aryl methyl sites for hydroxylation is 1. The van der Waals surface area contributed by atoms with Gasteiger partial charge in [0.15, 0.2) is 5.58 Å². The summed E-state index contributed by atoms with van der Waals surface area (Å²) in [5.41, 5.74) is 1.84. The highest BCUT2D eigenvalue weighted by molar-refractivity contribution is 7.19. The van der Waals surface area contributed by atoms with E-state index in [9.17, 15) is 9.18 Å². The van der Waals surface area contributed by atoms with Crippen LogP contribution in [0.15, 0.2) is 33.5 Å². The van der Waals surface area contributed by atoms with Crippen LogP contribution in [0.4, 0.5) is 4.39 Å². The molecule has 114 valence electrons. The summed E-state index contributed by atoms with van der Waals surface area (Å²) in [5, 5.41) is -0.284. The summed E-state index contributed by atoms with van der Waals surface area (Å²) in [6, 6.07) is 6.27. The van der Waals surface area contributed by atoms with E-state index in [4.69, 9.17) is 16.0 Å². The first-order chi connectivity index (χ1) is 10.4. The molecule has 2 heterocycles. The molecule has 1 atom stereocenters. The van der Waals surface area contributed by atoms with Crippen molar-refractivity contribution >= 4 is 33.2 Å². The van der Waals surface area contributed by atoms with Crippen LogP contribution in [0.1, 0.15) is 28.3 Å². The summed E-state index contributed by atoms with van der Waals surface area (Å²) in [7, 11) is 0. The molecule has 2 aromatic heterocycles. The number of rotatable bonds is 2. The van der Waals surface area contributed by atoms with Crippen LogP contribution in [0, 0.1) is 19.7 Å². The Balaban J connectivity index is 2.43. The fourth-order valence-electron chi connectivity index (χ4n) is 2.60. The van der Waals surface area contributed by atoms with E-state index in [0.29, 0.717) is 15.8 Å². The number of fused-ring (bicyclic) bond motifs is 1. The van der Waals surface area contributed by atoms with Gasteiger partial charge in [0.1, 0.15) is 16.3 Å². The van der Waals surface area contributed by atoms with E-state index in [1.807, 2.05) is 13.8 Å². The van der Waals surface area contributed by atoms with Gasteiger partial charge in [0.05, 0.1) is 10.9 Å². The van der Waals surface area contributed by atoms with Gasteiger partial charge in [-0.15, -0.1) is 22.9 Å². The van der Waals surface area contributed by atoms with Crippen LogP contribution in [0.5, 0.6) is 0 Å². The zero-order valence-electron chi connectivity index (χ0n) is 12.4. The molecule has 0 radical (unpaired) electrons. The third-order valence-corrected chi connectivity index (χ3v) is 5.01. The number of benzene rings is 1. The lowest BCUT2D eigenvalue weighted by Crippen LogP contribution is -2.06. The second-order valence-electron chi connectivity index (χ2n) is 5.21. The Bertz CT molecular complexity index is 924. The van der Waals surface area contributed by atoms with Gasteiger partial charge in [-0.25, -0.2) is 4.39 Å². The van der Waals surface area contributed by atoms with Crippen LogP contribution in [0.25, 0.3) is 21.6 Å². The van der Waals surface area contributed by atoms with E-state index in [0.717, 1.165) is 10.4 Å². The number of thiophene rings is 1. The highest BCUT2D eigenvalue weighted by Crippen LogP contribution is 2.38. The number of halogens is 2. The standard InChI is InChI=1S/C17H14ClFO2S/c1-8-14(20)17-16(13(9(2)18)10(3)22-17)21-15(8)11-6-4-5-7-12(11)19/h4-7,9H,1-3H3. The zero-order chi connectivity index (χ0) is 16.0. The number of hydrogen-bond donors (Lipinski definition) is 0. The lowest BCUT2D eigenvalue weighted by molar-refractivity contribution is 0.589. The summed E-state index contributed by atoms with van der Waals surface area (Å²) < 4.78 is 20.5. The first-order valence-corrected chi connectivity index (χ1v) is 8.12. The van der Waals surface area contributed by atoms with Crippen molar-refractivity contribution < 1.29 is 8.81 Å². The van der Waals surface area contributed by atoms with Gasteiger partial charge in [0, 0.05) is 16.0 Å². The fourth-order valence-corrected chi connectivity index (χ4v) is 4.11. The van der Waals surface area contributed by atoms with Crippen molar-refractivity contribution in [2.45, 2.75) is 26.1 Å². The molecule has 0 aliphatic carbocycles. The quantitative estimate of drug-likeness (QED) is 0.572. The molecule has 2 nitrogen and oxygen atoms in total. The van der Waals surface area contributed by atoms with Crippen LogP contribution in [0.3, 0.4) is 0 Å². The molecule has 0 amide bonds. The Morgan fingerprint density at radius 2 is 1.95 bits per heavy atom. The van der Waals surface area contributed by atoms with E-state index >= 15 is 0 Å². The molecule has 0 N–H and O–H groups in total.